The van der Waals surface area contributed by atoms with Crippen LogP contribution < -0.4 is 15.2 Å². The number of thiophene rings is 1. The Balaban J connectivity index is 2.24. The summed E-state index contributed by atoms with van der Waals surface area (Å²) >= 11 is 7.14. The second-order valence-corrected chi connectivity index (χ2v) is 7.70. The molecule has 0 radical (unpaired) electrons. The third-order valence-electron chi connectivity index (χ3n) is 2.62. The molecule has 5 nitrogen and oxygen atoms in total. The van der Waals surface area contributed by atoms with Gasteiger partial charge in [0.25, 0.3) is 0 Å². The Labute approximate surface area is 132 Å². The lowest BCUT2D eigenvalue weighted by molar-refractivity contribution is 0.331. The second kappa shape index (κ2) is 6.65. The summed E-state index contributed by atoms with van der Waals surface area (Å²) in [7, 11) is -3.72. The van der Waals surface area contributed by atoms with Crippen LogP contribution >= 0.6 is 22.9 Å². The normalized spacial score (nSPS) is 11.5. The topological polar surface area (TPSA) is 81.4 Å². The van der Waals surface area contributed by atoms with E-state index < -0.39 is 10.0 Å². The first kappa shape index (κ1) is 16.1. The lowest BCUT2D eigenvalue weighted by atomic mass is 10.3. The molecule has 0 atom stereocenters. The van der Waals surface area contributed by atoms with E-state index in [2.05, 4.69) is 4.72 Å². The molecule has 114 valence electrons. The minimum absolute atomic E-state index is 0.0343. The highest BCUT2D eigenvalue weighted by Crippen LogP contribution is 2.27. The average Bonchev–Trinajstić information content (AvgIpc) is 2.85. The Morgan fingerprint density at radius 2 is 2.10 bits per heavy atom. The van der Waals surface area contributed by atoms with Crippen molar-refractivity contribution in [2.45, 2.75) is 18.4 Å². The first-order chi connectivity index (χ1) is 9.92. The zero-order valence-electron chi connectivity index (χ0n) is 11.3. The summed E-state index contributed by atoms with van der Waals surface area (Å²) < 4.78 is 33.2. The maximum Gasteiger partial charge on any atom is 0.244 e. The zero-order chi connectivity index (χ0) is 15.5. The van der Waals surface area contributed by atoms with Gasteiger partial charge in [0, 0.05) is 17.1 Å². The van der Waals surface area contributed by atoms with Crippen LogP contribution in [0, 0.1) is 0 Å². The molecule has 21 heavy (non-hydrogen) atoms. The number of sulfonamides is 1. The number of anilines is 1. The third kappa shape index (κ3) is 4.10. The summed E-state index contributed by atoms with van der Waals surface area (Å²) in [5.41, 5.74) is 6.03. The fourth-order valence-corrected chi connectivity index (χ4v) is 4.00. The van der Waals surface area contributed by atoms with E-state index in [-0.39, 0.29) is 17.2 Å². The number of halogens is 1. The molecule has 0 saturated heterocycles. The van der Waals surface area contributed by atoms with Crippen molar-refractivity contribution in [2.75, 3.05) is 12.3 Å². The first-order valence-electron chi connectivity index (χ1n) is 6.18. The summed E-state index contributed by atoms with van der Waals surface area (Å²) in [5.74, 6) is 0.281. The molecule has 0 saturated carbocycles. The van der Waals surface area contributed by atoms with Gasteiger partial charge >= 0.3 is 0 Å². The van der Waals surface area contributed by atoms with Crippen LogP contribution in [0.1, 0.15) is 11.8 Å². The van der Waals surface area contributed by atoms with Crippen molar-refractivity contribution < 1.29 is 13.2 Å². The van der Waals surface area contributed by atoms with Gasteiger partial charge in [-0.1, -0.05) is 11.6 Å². The van der Waals surface area contributed by atoms with Gasteiger partial charge in [0.2, 0.25) is 10.0 Å². The second-order valence-electron chi connectivity index (χ2n) is 4.17. The highest BCUT2D eigenvalue weighted by molar-refractivity contribution is 7.89. The van der Waals surface area contributed by atoms with Crippen LogP contribution in [0.2, 0.25) is 4.34 Å². The van der Waals surface area contributed by atoms with E-state index in [1.54, 1.807) is 31.2 Å². The van der Waals surface area contributed by atoms with Crippen LogP contribution in [0.5, 0.6) is 5.75 Å². The molecule has 2 rings (SSSR count). The highest BCUT2D eigenvalue weighted by atomic mass is 35.5. The van der Waals surface area contributed by atoms with Gasteiger partial charge in [-0.15, -0.1) is 11.3 Å². The molecule has 0 spiro atoms. The van der Waals surface area contributed by atoms with Crippen molar-refractivity contribution in [3.63, 3.8) is 0 Å². The molecule has 8 heteroatoms. The van der Waals surface area contributed by atoms with Gasteiger partial charge in [-0.3, -0.25) is 0 Å². The summed E-state index contributed by atoms with van der Waals surface area (Å²) in [6.07, 6.45) is 0. The first-order valence-corrected chi connectivity index (χ1v) is 8.86. The Hall–Kier alpha value is -1.28. The van der Waals surface area contributed by atoms with Crippen LogP contribution in [0.3, 0.4) is 0 Å². The molecule has 0 aliphatic rings. The van der Waals surface area contributed by atoms with E-state index in [1.165, 1.54) is 17.4 Å². The zero-order valence-corrected chi connectivity index (χ0v) is 13.7. The highest BCUT2D eigenvalue weighted by Gasteiger charge is 2.20. The van der Waals surface area contributed by atoms with Gasteiger partial charge in [0.05, 0.1) is 10.9 Å². The van der Waals surface area contributed by atoms with E-state index in [9.17, 15) is 8.42 Å². The summed E-state index contributed by atoms with van der Waals surface area (Å²) in [4.78, 5) is 0.859. The van der Waals surface area contributed by atoms with E-state index in [0.717, 1.165) is 4.88 Å². The fourth-order valence-electron chi connectivity index (χ4n) is 1.70. The van der Waals surface area contributed by atoms with Crippen molar-refractivity contribution in [2.24, 2.45) is 0 Å². The van der Waals surface area contributed by atoms with Crippen LogP contribution in [0.4, 0.5) is 5.69 Å². The lowest BCUT2D eigenvalue weighted by Crippen LogP contribution is -2.23. The minimum atomic E-state index is -3.72. The quantitative estimate of drug-likeness (QED) is 0.788. The number of benzene rings is 1. The maximum absolute atomic E-state index is 12.4. The van der Waals surface area contributed by atoms with Crippen LogP contribution in [0.25, 0.3) is 0 Å². The van der Waals surface area contributed by atoms with Gasteiger partial charge in [-0.2, -0.15) is 0 Å². The minimum Gasteiger partial charge on any atom is -0.492 e. The largest absolute Gasteiger partial charge is 0.492 e. The number of nitrogens with one attached hydrogen (secondary N) is 1. The third-order valence-corrected chi connectivity index (χ3v) is 5.28. The van der Waals surface area contributed by atoms with Gasteiger partial charge in [-0.25, -0.2) is 13.1 Å². The maximum atomic E-state index is 12.4. The molecule has 0 aliphatic heterocycles. The Morgan fingerprint density at radius 3 is 2.71 bits per heavy atom. The molecule has 2 aromatic rings. The summed E-state index contributed by atoms with van der Waals surface area (Å²) in [6.45, 7) is 2.32. The van der Waals surface area contributed by atoms with E-state index in [0.29, 0.717) is 16.6 Å². The molecular formula is C13H15ClN2O3S2. The lowest BCUT2D eigenvalue weighted by Gasteiger charge is -2.12. The smallest absolute Gasteiger partial charge is 0.244 e. The molecule has 0 fully saturated rings. The van der Waals surface area contributed by atoms with Gasteiger partial charge in [0.15, 0.2) is 0 Å². The molecule has 1 heterocycles. The molecular weight excluding hydrogens is 332 g/mol. The van der Waals surface area contributed by atoms with Gasteiger partial charge in [-0.05, 0) is 37.3 Å². The molecule has 1 aromatic carbocycles. The van der Waals surface area contributed by atoms with E-state index in [1.807, 2.05) is 0 Å². The van der Waals surface area contributed by atoms with Crippen LogP contribution in [0.15, 0.2) is 35.2 Å². The number of nitrogen functional groups attached to an aromatic ring is 1. The molecule has 0 unspecified atom stereocenters. The number of hydrogen-bond acceptors (Lipinski definition) is 5. The molecule has 1 aromatic heterocycles. The predicted octanol–water partition coefficient (Wildman–Crippen LogP) is 2.86. The van der Waals surface area contributed by atoms with Crippen molar-refractivity contribution in [3.05, 3.63) is 39.5 Å². The van der Waals surface area contributed by atoms with Crippen molar-refractivity contribution in [1.82, 2.24) is 4.72 Å². The van der Waals surface area contributed by atoms with E-state index in [4.69, 9.17) is 22.1 Å². The molecule has 0 bridgehead atoms. The number of rotatable bonds is 6. The monoisotopic (exact) mass is 346 g/mol. The Bertz CT molecular complexity index is 729. The predicted molar refractivity (Wildman–Crippen MR) is 85.4 cm³/mol. The van der Waals surface area contributed by atoms with Crippen molar-refractivity contribution in [1.29, 1.82) is 0 Å². The van der Waals surface area contributed by atoms with Gasteiger partial charge in [0.1, 0.15) is 10.6 Å². The number of nitrogens with two attached hydrogens (primary N) is 1. The van der Waals surface area contributed by atoms with Crippen LogP contribution in [-0.4, -0.2) is 15.0 Å². The fraction of sp³-hybridized carbons (Fsp3) is 0.231. The number of ether oxygens (including phenoxy) is 1. The molecule has 0 aliphatic carbocycles. The Kier molecular flexibility index (Phi) is 5.10. The summed E-state index contributed by atoms with van der Waals surface area (Å²) in [6, 6.07) is 8.04. The average molecular weight is 347 g/mol. The number of hydrogen-bond donors (Lipinski definition) is 2. The Morgan fingerprint density at radius 1 is 1.33 bits per heavy atom. The standard InChI is InChI=1S/C13H15ClN2O3S2/c1-2-19-11-5-3-9(15)7-12(11)21(17,18)16-8-10-4-6-13(14)20-10/h3-7,16H,2,8,15H2,1H3. The van der Waals surface area contributed by atoms with Crippen molar-refractivity contribution >= 4 is 38.6 Å². The molecule has 3 N–H and O–H groups in total. The van der Waals surface area contributed by atoms with Crippen LogP contribution in [-0.2, 0) is 16.6 Å². The summed E-state index contributed by atoms with van der Waals surface area (Å²) in [5, 5.41) is 0. The molecule has 0 amide bonds. The SMILES string of the molecule is CCOc1ccc(N)cc1S(=O)(=O)NCc1ccc(Cl)s1. The van der Waals surface area contributed by atoms with E-state index >= 15 is 0 Å². The van der Waals surface area contributed by atoms with Crippen molar-refractivity contribution in [3.8, 4) is 5.75 Å². The van der Waals surface area contributed by atoms with Gasteiger partial charge < -0.3 is 10.5 Å².